The summed E-state index contributed by atoms with van der Waals surface area (Å²) in [5.41, 5.74) is 2.96. The highest BCUT2D eigenvalue weighted by Crippen LogP contribution is 2.30. The fourth-order valence-corrected chi connectivity index (χ4v) is 1.96. The smallest absolute Gasteiger partial charge is 0.293 e. The molecule has 4 heteroatoms. The van der Waals surface area contributed by atoms with Crippen molar-refractivity contribution in [3.63, 3.8) is 0 Å². The molecule has 0 saturated heterocycles. The summed E-state index contributed by atoms with van der Waals surface area (Å²) >= 11 is 2.95. The molecule has 1 N–H and O–H groups in total. The summed E-state index contributed by atoms with van der Waals surface area (Å²) in [6, 6.07) is 7.93. The number of para-hydroxylation sites is 1. The highest BCUT2D eigenvalue weighted by Gasteiger charge is 2.15. The van der Waals surface area contributed by atoms with Gasteiger partial charge in [0.25, 0.3) is 4.82 Å². The van der Waals surface area contributed by atoms with E-state index >= 15 is 0 Å². The monoisotopic (exact) mass is 266 g/mol. The van der Waals surface area contributed by atoms with Crippen LogP contribution < -0.4 is 4.90 Å². The molecule has 15 heavy (non-hydrogen) atoms. The summed E-state index contributed by atoms with van der Waals surface area (Å²) in [6.07, 6.45) is 0. The molecule has 3 nitrogen and oxygen atoms in total. The number of carbonyl (C=O) groups excluding carboxylic acids is 1. The van der Waals surface area contributed by atoms with Crippen LogP contribution in [0.2, 0.25) is 0 Å². The summed E-state index contributed by atoms with van der Waals surface area (Å²) in [4.78, 5) is 16.0. The normalized spacial score (nSPS) is 10.6. The molecular formula is C11H11BrN2O. The van der Waals surface area contributed by atoms with Crippen LogP contribution in [0, 0.1) is 6.92 Å². The van der Waals surface area contributed by atoms with Gasteiger partial charge in [0, 0.05) is 39.6 Å². The minimum Gasteiger partial charge on any atom is -0.357 e. The van der Waals surface area contributed by atoms with Gasteiger partial charge in [-0.15, -0.1) is 0 Å². The Labute approximate surface area is 96.2 Å². The van der Waals surface area contributed by atoms with E-state index in [1.165, 1.54) is 0 Å². The highest BCUT2D eigenvalue weighted by atomic mass is 79.9. The number of aryl methyl sites for hydroxylation is 1. The van der Waals surface area contributed by atoms with Crippen LogP contribution in [0.25, 0.3) is 10.9 Å². The number of nitrogens with one attached hydrogen (secondary N) is 1. The lowest BCUT2D eigenvalue weighted by atomic mass is 10.2. The first-order valence-corrected chi connectivity index (χ1v) is 5.41. The lowest BCUT2D eigenvalue weighted by molar-refractivity contribution is 0.267. The van der Waals surface area contributed by atoms with Crippen molar-refractivity contribution < 1.29 is 4.79 Å². The summed E-state index contributed by atoms with van der Waals surface area (Å²) < 4.78 is 0. The molecule has 0 aliphatic carbocycles. The third-order valence-corrected chi connectivity index (χ3v) is 2.99. The summed E-state index contributed by atoms with van der Waals surface area (Å²) in [6.45, 7) is 1.96. The van der Waals surface area contributed by atoms with E-state index in [4.69, 9.17) is 0 Å². The van der Waals surface area contributed by atoms with E-state index in [0.717, 1.165) is 22.3 Å². The van der Waals surface area contributed by atoms with Gasteiger partial charge in [-0.05, 0) is 13.0 Å². The third-order valence-electron chi connectivity index (χ3n) is 2.46. The number of rotatable bonds is 1. The van der Waals surface area contributed by atoms with Crippen molar-refractivity contribution in [3.05, 3.63) is 30.0 Å². The lowest BCUT2D eigenvalue weighted by Crippen LogP contribution is -2.19. The fourth-order valence-electron chi connectivity index (χ4n) is 1.78. The van der Waals surface area contributed by atoms with Crippen molar-refractivity contribution in [2.75, 3.05) is 11.9 Å². The average molecular weight is 267 g/mol. The second kappa shape index (κ2) is 3.70. The minimum absolute atomic E-state index is 0.143. The Morgan fingerprint density at radius 1 is 1.40 bits per heavy atom. The van der Waals surface area contributed by atoms with Crippen LogP contribution in [0.5, 0.6) is 0 Å². The van der Waals surface area contributed by atoms with Gasteiger partial charge in [0.1, 0.15) is 0 Å². The van der Waals surface area contributed by atoms with E-state index in [1.54, 1.807) is 11.9 Å². The molecule has 1 aromatic carbocycles. The predicted molar refractivity (Wildman–Crippen MR) is 65.8 cm³/mol. The number of hydrogen-bond donors (Lipinski definition) is 1. The third kappa shape index (κ3) is 1.65. The number of fused-ring (bicyclic) bond motifs is 1. The molecule has 0 bridgehead atoms. The first-order chi connectivity index (χ1) is 7.11. The van der Waals surface area contributed by atoms with Gasteiger partial charge in [0.05, 0.1) is 5.69 Å². The van der Waals surface area contributed by atoms with Crippen LogP contribution in [0.4, 0.5) is 10.5 Å². The maximum absolute atomic E-state index is 11.3. The standard InChI is InChI=1S/C11H11BrN2O/c1-7-10(14(2)11(12)15)8-5-3-4-6-9(8)13-7/h3-6,13H,1-2H3. The van der Waals surface area contributed by atoms with Gasteiger partial charge in [-0.1, -0.05) is 18.2 Å². The van der Waals surface area contributed by atoms with E-state index in [2.05, 4.69) is 20.9 Å². The summed E-state index contributed by atoms with van der Waals surface area (Å²) in [7, 11) is 1.75. The number of hydrogen-bond acceptors (Lipinski definition) is 1. The van der Waals surface area contributed by atoms with Gasteiger partial charge in [-0.2, -0.15) is 0 Å². The largest absolute Gasteiger partial charge is 0.357 e. The Balaban J connectivity index is 2.68. The molecule has 78 valence electrons. The van der Waals surface area contributed by atoms with Gasteiger partial charge >= 0.3 is 0 Å². The first-order valence-electron chi connectivity index (χ1n) is 4.61. The van der Waals surface area contributed by atoms with E-state index in [1.807, 2.05) is 31.2 Å². The SMILES string of the molecule is Cc1[nH]c2ccccc2c1N(C)C(=O)Br. The molecule has 2 aromatic rings. The van der Waals surface area contributed by atoms with Crippen LogP contribution in [0.3, 0.4) is 0 Å². The van der Waals surface area contributed by atoms with Gasteiger partial charge in [-0.3, -0.25) is 4.79 Å². The molecule has 1 aromatic heterocycles. The van der Waals surface area contributed by atoms with E-state index in [-0.39, 0.29) is 4.82 Å². The zero-order chi connectivity index (χ0) is 11.0. The van der Waals surface area contributed by atoms with Crippen molar-refractivity contribution in [3.8, 4) is 0 Å². The van der Waals surface area contributed by atoms with Gasteiger partial charge in [-0.25, -0.2) is 0 Å². The first kappa shape index (κ1) is 10.2. The van der Waals surface area contributed by atoms with E-state index in [0.29, 0.717) is 0 Å². The highest BCUT2D eigenvalue weighted by molar-refractivity contribution is 9.18. The van der Waals surface area contributed by atoms with Crippen LogP contribution in [0.1, 0.15) is 5.69 Å². The molecule has 0 aliphatic rings. The fraction of sp³-hybridized carbons (Fsp3) is 0.182. The zero-order valence-corrected chi connectivity index (χ0v) is 10.1. The second-order valence-electron chi connectivity index (χ2n) is 3.46. The average Bonchev–Trinajstić information content (AvgIpc) is 2.52. The maximum Gasteiger partial charge on any atom is 0.293 e. The molecule has 0 fully saturated rings. The van der Waals surface area contributed by atoms with Crippen molar-refractivity contribution >= 4 is 37.3 Å². The van der Waals surface area contributed by atoms with Crippen LogP contribution in [-0.2, 0) is 0 Å². The van der Waals surface area contributed by atoms with Crippen LogP contribution in [-0.4, -0.2) is 16.8 Å². The Hall–Kier alpha value is -1.29. The van der Waals surface area contributed by atoms with Crippen molar-refractivity contribution in [2.24, 2.45) is 0 Å². The number of carbonyl (C=O) groups is 1. The number of aromatic nitrogens is 1. The predicted octanol–water partition coefficient (Wildman–Crippen LogP) is 3.43. The summed E-state index contributed by atoms with van der Waals surface area (Å²) in [5, 5.41) is 1.06. The Bertz CT molecular complexity index is 518. The van der Waals surface area contributed by atoms with Gasteiger partial charge in [0.15, 0.2) is 0 Å². The molecule has 1 heterocycles. The molecule has 0 aliphatic heterocycles. The Morgan fingerprint density at radius 3 is 2.73 bits per heavy atom. The van der Waals surface area contributed by atoms with Crippen LogP contribution in [0.15, 0.2) is 24.3 Å². The zero-order valence-electron chi connectivity index (χ0n) is 8.54. The van der Waals surface area contributed by atoms with Crippen molar-refractivity contribution in [1.29, 1.82) is 0 Å². The quantitative estimate of drug-likeness (QED) is 0.623. The molecule has 0 atom stereocenters. The van der Waals surface area contributed by atoms with Crippen LogP contribution >= 0.6 is 15.9 Å². The van der Waals surface area contributed by atoms with E-state index in [9.17, 15) is 4.79 Å². The van der Waals surface area contributed by atoms with E-state index < -0.39 is 0 Å². The van der Waals surface area contributed by atoms with Gasteiger partial charge in [0.2, 0.25) is 0 Å². The topological polar surface area (TPSA) is 36.1 Å². The number of amides is 1. The molecule has 1 amide bonds. The van der Waals surface area contributed by atoms with Crippen molar-refractivity contribution in [2.45, 2.75) is 6.92 Å². The molecule has 0 saturated carbocycles. The lowest BCUT2D eigenvalue weighted by Gasteiger charge is -2.13. The second-order valence-corrected chi connectivity index (χ2v) is 4.13. The molecule has 2 rings (SSSR count). The molecule has 0 spiro atoms. The van der Waals surface area contributed by atoms with Crippen molar-refractivity contribution in [1.82, 2.24) is 4.98 Å². The Morgan fingerprint density at radius 2 is 2.07 bits per heavy atom. The van der Waals surface area contributed by atoms with Gasteiger partial charge < -0.3 is 9.88 Å². The number of aromatic amines is 1. The maximum atomic E-state index is 11.3. The number of halogens is 1. The Kier molecular flexibility index (Phi) is 2.52. The molecule has 0 unspecified atom stereocenters. The number of anilines is 1. The summed E-state index contributed by atoms with van der Waals surface area (Å²) in [5.74, 6) is 0. The number of nitrogens with zero attached hydrogens (tertiary/aromatic N) is 1. The number of benzene rings is 1. The minimum atomic E-state index is -0.143. The number of H-pyrrole nitrogens is 1. The molecule has 0 radical (unpaired) electrons. The molecular weight excluding hydrogens is 256 g/mol.